The van der Waals surface area contributed by atoms with Crippen LogP contribution in [0.2, 0.25) is 0 Å². The zero-order valence-electron chi connectivity index (χ0n) is 10.5. The monoisotopic (exact) mass is 358 g/mol. The molecule has 0 amide bonds. The summed E-state index contributed by atoms with van der Waals surface area (Å²) in [6.07, 6.45) is -0.395. The molecule has 5 heteroatoms. The maximum atomic E-state index is 13.6. The highest BCUT2D eigenvalue weighted by molar-refractivity contribution is 9.10. The Morgan fingerprint density at radius 3 is 2.45 bits per heavy atom. The van der Waals surface area contributed by atoms with Crippen LogP contribution in [-0.2, 0) is 6.42 Å². The van der Waals surface area contributed by atoms with Crippen molar-refractivity contribution in [1.29, 1.82) is 0 Å². The second-order valence-corrected chi connectivity index (χ2v) is 6.37. The van der Waals surface area contributed by atoms with Gasteiger partial charge in [-0.3, -0.25) is 0 Å². The molecule has 0 aliphatic heterocycles. The average molecular weight is 359 g/mol. The first-order chi connectivity index (χ1) is 9.54. The molecule has 2 aromatic carbocycles. The summed E-state index contributed by atoms with van der Waals surface area (Å²) in [4.78, 5) is 0.877. The molecule has 0 heterocycles. The lowest BCUT2D eigenvalue weighted by Crippen LogP contribution is -2.14. The van der Waals surface area contributed by atoms with Crippen LogP contribution in [0.4, 0.5) is 8.78 Å². The number of aliphatic hydroxyl groups excluding tert-OH is 1. The number of rotatable bonds is 5. The molecule has 0 fully saturated rings. The van der Waals surface area contributed by atoms with Crippen LogP contribution in [0.15, 0.2) is 51.8 Å². The molecule has 106 valence electrons. The molecule has 0 aliphatic carbocycles. The zero-order chi connectivity index (χ0) is 14.5. The largest absolute Gasteiger partial charge is 0.392 e. The molecular weight excluding hydrogens is 346 g/mol. The van der Waals surface area contributed by atoms with E-state index in [0.717, 1.165) is 4.90 Å². The standard InChI is InChI=1S/C15H13BrF2OS/c16-11-2-1-10(15(18)8-11)7-13(19)9-20-14-5-3-12(17)4-6-14/h1-6,8,13,19H,7,9H2. The fourth-order valence-electron chi connectivity index (χ4n) is 1.72. The number of hydrogen-bond acceptors (Lipinski definition) is 2. The van der Waals surface area contributed by atoms with Crippen LogP contribution in [0.3, 0.4) is 0 Å². The fraction of sp³-hybridized carbons (Fsp3) is 0.200. The van der Waals surface area contributed by atoms with Crippen molar-refractivity contribution < 1.29 is 13.9 Å². The topological polar surface area (TPSA) is 20.2 Å². The van der Waals surface area contributed by atoms with E-state index in [1.54, 1.807) is 24.3 Å². The van der Waals surface area contributed by atoms with E-state index >= 15 is 0 Å². The Balaban J connectivity index is 1.89. The van der Waals surface area contributed by atoms with Crippen molar-refractivity contribution in [1.82, 2.24) is 0 Å². The van der Waals surface area contributed by atoms with E-state index in [-0.39, 0.29) is 18.1 Å². The molecule has 1 unspecified atom stereocenters. The third-order valence-corrected chi connectivity index (χ3v) is 4.38. The van der Waals surface area contributed by atoms with Gasteiger partial charge < -0.3 is 5.11 Å². The van der Waals surface area contributed by atoms with Crippen LogP contribution in [0.25, 0.3) is 0 Å². The van der Waals surface area contributed by atoms with Gasteiger partial charge in [-0.25, -0.2) is 8.78 Å². The number of halogens is 3. The Labute approximate surface area is 129 Å². The lowest BCUT2D eigenvalue weighted by molar-refractivity contribution is 0.198. The summed E-state index contributed by atoms with van der Waals surface area (Å²) in [7, 11) is 0. The zero-order valence-corrected chi connectivity index (χ0v) is 12.9. The summed E-state index contributed by atoms with van der Waals surface area (Å²) in [5.74, 6) is -0.182. The van der Waals surface area contributed by atoms with Gasteiger partial charge >= 0.3 is 0 Å². The summed E-state index contributed by atoms with van der Waals surface area (Å²) in [5, 5.41) is 9.94. The van der Waals surface area contributed by atoms with E-state index in [2.05, 4.69) is 15.9 Å². The van der Waals surface area contributed by atoms with Crippen molar-refractivity contribution in [3.63, 3.8) is 0 Å². The summed E-state index contributed by atoms with van der Waals surface area (Å²) in [6, 6.07) is 10.9. The van der Waals surface area contributed by atoms with Gasteiger partial charge in [0.25, 0.3) is 0 Å². The molecule has 0 radical (unpaired) electrons. The first kappa shape index (κ1) is 15.5. The van der Waals surface area contributed by atoms with Gasteiger partial charge in [0.05, 0.1) is 6.10 Å². The van der Waals surface area contributed by atoms with Crippen LogP contribution >= 0.6 is 27.7 Å². The molecule has 0 saturated heterocycles. The molecule has 0 spiro atoms. The Bertz CT molecular complexity index is 575. The molecule has 0 bridgehead atoms. The molecule has 0 aromatic heterocycles. The summed E-state index contributed by atoms with van der Waals surface area (Å²) in [5.41, 5.74) is 0.486. The van der Waals surface area contributed by atoms with Gasteiger partial charge in [0.2, 0.25) is 0 Å². The van der Waals surface area contributed by atoms with Crippen LogP contribution < -0.4 is 0 Å². The van der Waals surface area contributed by atoms with Crippen LogP contribution in [-0.4, -0.2) is 17.0 Å². The van der Waals surface area contributed by atoms with E-state index in [1.807, 2.05) is 0 Å². The lowest BCUT2D eigenvalue weighted by Gasteiger charge is -2.11. The van der Waals surface area contributed by atoms with Crippen molar-refractivity contribution in [3.8, 4) is 0 Å². The minimum Gasteiger partial charge on any atom is -0.392 e. The summed E-state index contributed by atoms with van der Waals surface area (Å²) < 4.78 is 27.0. The van der Waals surface area contributed by atoms with Crippen LogP contribution in [0.1, 0.15) is 5.56 Å². The Hall–Kier alpha value is -0.910. The Morgan fingerprint density at radius 1 is 1.10 bits per heavy atom. The quantitative estimate of drug-likeness (QED) is 0.798. The maximum Gasteiger partial charge on any atom is 0.127 e. The van der Waals surface area contributed by atoms with Gasteiger partial charge in [-0.05, 0) is 42.0 Å². The second-order valence-electron chi connectivity index (χ2n) is 4.36. The minimum atomic E-state index is -0.652. The normalized spacial score (nSPS) is 12.4. The third-order valence-electron chi connectivity index (χ3n) is 2.73. The Morgan fingerprint density at radius 2 is 1.80 bits per heavy atom. The fourth-order valence-corrected chi connectivity index (χ4v) is 2.89. The van der Waals surface area contributed by atoms with Gasteiger partial charge in [0, 0.05) is 21.5 Å². The average Bonchev–Trinajstić information content (AvgIpc) is 2.41. The molecular formula is C15H13BrF2OS. The minimum absolute atomic E-state index is 0.257. The molecule has 1 N–H and O–H groups in total. The lowest BCUT2D eigenvalue weighted by atomic mass is 10.1. The van der Waals surface area contributed by atoms with Crippen molar-refractivity contribution in [3.05, 3.63) is 64.1 Å². The predicted molar refractivity (Wildman–Crippen MR) is 80.9 cm³/mol. The highest BCUT2D eigenvalue weighted by Crippen LogP contribution is 2.21. The number of thioether (sulfide) groups is 1. The SMILES string of the molecule is OC(CSc1ccc(F)cc1)Cc1ccc(Br)cc1F. The van der Waals surface area contributed by atoms with Crippen molar-refractivity contribution in [2.75, 3.05) is 5.75 Å². The number of benzene rings is 2. The van der Waals surface area contributed by atoms with Crippen molar-refractivity contribution >= 4 is 27.7 Å². The van der Waals surface area contributed by atoms with E-state index in [9.17, 15) is 13.9 Å². The van der Waals surface area contributed by atoms with Gasteiger partial charge in [0.15, 0.2) is 0 Å². The molecule has 0 aliphatic rings. The first-order valence-corrected chi connectivity index (χ1v) is 7.83. The van der Waals surface area contributed by atoms with E-state index < -0.39 is 6.10 Å². The molecule has 2 aromatic rings. The van der Waals surface area contributed by atoms with Crippen LogP contribution in [0.5, 0.6) is 0 Å². The highest BCUT2D eigenvalue weighted by Gasteiger charge is 2.10. The second kappa shape index (κ2) is 7.20. The molecule has 0 saturated carbocycles. The van der Waals surface area contributed by atoms with E-state index in [1.165, 1.54) is 30.0 Å². The highest BCUT2D eigenvalue weighted by atomic mass is 79.9. The van der Waals surface area contributed by atoms with Gasteiger partial charge in [-0.1, -0.05) is 22.0 Å². The predicted octanol–water partition coefficient (Wildman–Crippen LogP) is 4.42. The smallest absolute Gasteiger partial charge is 0.127 e. The van der Waals surface area contributed by atoms with Gasteiger partial charge in [0.1, 0.15) is 11.6 Å². The molecule has 20 heavy (non-hydrogen) atoms. The third kappa shape index (κ3) is 4.58. The van der Waals surface area contributed by atoms with Gasteiger partial charge in [-0.2, -0.15) is 0 Å². The summed E-state index contributed by atoms with van der Waals surface area (Å²) in [6.45, 7) is 0. The summed E-state index contributed by atoms with van der Waals surface area (Å²) >= 11 is 4.61. The number of hydrogen-bond donors (Lipinski definition) is 1. The molecule has 1 nitrogen and oxygen atoms in total. The first-order valence-electron chi connectivity index (χ1n) is 6.05. The number of aliphatic hydroxyl groups is 1. The van der Waals surface area contributed by atoms with Gasteiger partial charge in [-0.15, -0.1) is 11.8 Å². The van der Waals surface area contributed by atoms with Crippen molar-refractivity contribution in [2.24, 2.45) is 0 Å². The maximum absolute atomic E-state index is 13.6. The Kier molecular flexibility index (Phi) is 5.57. The molecule has 1 atom stereocenters. The van der Waals surface area contributed by atoms with Crippen molar-refractivity contribution in [2.45, 2.75) is 17.4 Å². The van der Waals surface area contributed by atoms with Crippen LogP contribution in [0, 0.1) is 11.6 Å². The van der Waals surface area contributed by atoms with E-state index in [0.29, 0.717) is 15.8 Å². The molecule has 2 rings (SSSR count). The van der Waals surface area contributed by atoms with E-state index in [4.69, 9.17) is 0 Å².